The Kier molecular flexibility index (Phi) is 6.86. The van der Waals surface area contributed by atoms with Gasteiger partial charge < -0.3 is 14.2 Å². The summed E-state index contributed by atoms with van der Waals surface area (Å²) < 4.78 is 16.5. The highest BCUT2D eigenvalue weighted by Gasteiger charge is 2.43. The molecule has 2 atom stereocenters. The van der Waals surface area contributed by atoms with Crippen LogP contribution in [0.3, 0.4) is 0 Å². The number of amides is 1. The fourth-order valence-electron chi connectivity index (χ4n) is 2.81. The lowest BCUT2D eigenvalue weighted by Gasteiger charge is -2.27. The number of rotatable bonds is 4. The molecule has 0 radical (unpaired) electrons. The van der Waals surface area contributed by atoms with Crippen molar-refractivity contribution in [2.45, 2.75) is 51.4 Å². The van der Waals surface area contributed by atoms with E-state index in [2.05, 4.69) is 15.9 Å². The summed E-state index contributed by atoms with van der Waals surface area (Å²) in [5.41, 5.74) is 0.105. The molecule has 1 heterocycles. The summed E-state index contributed by atoms with van der Waals surface area (Å²) in [5, 5.41) is 0. The minimum atomic E-state index is -0.839. The highest BCUT2D eigenvalue weighted by molar-refractivity contribution is 9.10. The van der Waals surface area contributed by atoms with Crippen molar-refractivity contribution >= 4 is 34.0 Å². The zero-order chi connectivity index (χ0) is 20.2. The van der Waals surface area contributed by atoms with Crippen molar-refractivity contribution in [2.75, 3.05) is 13.7 Å². The van der Waals surface area contributed by atoms with Gasteiger partial charge in [-0.1, -0.05) is 28.1 Å². The van der Waals surface area contributed by atoms with Gasteiger partial charge in [0, 0.05) is 10.9 Å². The van der Waals surface area contributed by atoms with Crippen molar-refractivity contribution in [1.29, 1.82) is 0 Å². The summed E-state index contributed by atoms with van der Waals surface area (Å²) in [6, 6.07) is 6.52. The average molecular weight is 442 g/mol. The summed E-state index contributed by atoms with van der Waals surface area (Å²) in [6.07, 6.45) is -0.953. The molecule has 1 saturated heterocycles. The molecule has 0 bridgehead atoms. The third kappa shape index (κ3) is 6.23. The van der Waals surface area contributed by atoms with Gasteiger partial charge in [0.1, 0.15) is 17.7 Å². The first-order chi connectivity index (χ1) is 12.6. The van der Waals surface area contributed by atoms with E-state index in [0.717, 1.165) is 10.0 Å². The Morgan fingerprint density at radius 3 is 2.56 bits per heavy atom. The van der Waals surface area contributed by atoms with E-state index in [1.54, 1.807) is 20.8 Å². The van der Waals surface area contributed by atoms with E-state index in [4.69, 9.17) is 14.2 Å². The molecule has 1 amide bonds. The molecule has 1 aromatic rings. The van der Waals surface area contributed by atoms with Crippen molar-refractivity contribution < 1.29 is 28.6 Å². The maximum absolute atomic E-state index is 12.4. The maximum atomic E-state index is 12.4. The Balaban J connectivity index is 2.02. The molecule has 0 N–H and O–H groups in total. The van der Waals surface area contributed by atoms with E-state index < -0.39 is 35.8 Å². The van der Waals surface area contributed by atoms with Crippen molar-refractivity contribution in [3.05, 3.63) is 34.3 Å². The Morgan fingerprint density at radius 2 is 1.96 bits per heavy atom. The van der Waals surface area contributed by atoms with E-state index in [1.165, 1.54) is 12.0 Å². The lowest BCUT2D eigenvalue weighted by Crippen LogP contribution is -2.44. The number of hydrogen-bond acceptors (Lipinski definition) is 6. The number of halogens is 1. The Bertz CT molecular complexity index is 714. The van der Waals surface area contributed by atoms with Crippen LogP contribution in [0.4, 0.5) is 4.79 Å². The van der Waals surface area contributed by atoms with E-state index >= 15 is 0 Å². The van der Waals surface area contributed by atoms with Crippen LogP contribution in [0.5, 0.6) is 0 Å². The summed E-state index contributed by atoms with van der Waals surface area (Å²) in [5.74, 6) is -0.987. The molecule has 1 aliphatic heterocycles. The summed E-state index contributed by atoms with van der Waals surface area (Å²) >= 11 is 3.36. The van der Waals surface area contributed by atoms with E-state index in [9.17, 15) is 14.4 Å². The van der Waals surface area contributed by atoms with Crippen LogP contribution in [-0.4, -0.2) is 54.3 Å². The quantitative estimate of drug-likeness (QED) is 0.527. The smallest absolute Gasteiger partial charge is 0.411 e. The number of methoxy groups -OCH3 is 1. The number of nitrogens with zero attached hydrogens (tertiary/aromatic N) is 1. The topological polar surface area (TPSA) is 82.1 Å². The second-order valence-corrected chi connectivity index (χ2v) is 8.24. The number of hydrogen-bond donors (Lipinski definition) is 0. The molecule has 0 aromatic heterocycles. The number of benzene rings is 1. The van der Waals surface area contributed by atoms with Crippen LogP contribution in [0.1, 0.15) is 32.8 Å². The first kappa shape index (κ1) is 21.2. The SMILES string of the molecule is COC(=O)[C@@H]1C[C@@H](OC(=O)Cc2cccc(Br)c2)CN1C(=O)OC(C)(C)C. The molecule has 0 unspecified atom stereocenters. The van der Waals surface area contributed by atoms with Crippen LogP contribution in [0, 0.1) is 0 Å². The van der Waals surface area contributed by atoms with Gasteiger partial charge in [-0.2, -0.15) is 0 Å². The number of carbonyl (C=O) groups is 3. The zero-order valence-corrected chi connectivity index (χ0v) is 17.4. The molecular weight excluding hydrogens is 418 g/mol. The molecule has 1 fully saturated rings. The van der Waals surface area contributed by atoms with Crippen LogP contribution in [0.2, 0.25) is 0 Å². The van der Waals surface area contributed by atoms with Gasteiger partial charge in [-0.05, 0) is 38.5 Å². The van der Waals surface area contributed by atoms with Crippen LogP contribution in [0.15, 0.2) is 28.7 Å². The van der Waals surface area contributed by atoms with Gasteiger partial charge in [0.15, 0.2) is 0 Å². The maximum Gasteiger partial charge on any atom is 0.411 e. The first-order valence-electron chi connectivity index (χ1n) is 8.60. The normalized spacial score (nSPS) is 19.5. The minimum absolute atomic E-state index is 0.0822. The highest BCUT2D eigenvalue weighted by Crippen LogP contribution is 2.25. The van der Waals surface area contributed by atoms with Gasteiger partial charge in [-0.25, -0.2) is 9.59 Å². The predicted molar refractivity (Wildman–Crippen MR) is 101 cm³/mol. The molecule has 0 saturated carbocycles. The second kappa shape index (κ2) is 8.73. The number of ether oxygens (including phenoxy) is 3. The van der Waals surface area contributed by atoms with Crippen LogP contribution < -0.4 is 0 Å². The molecule has 0 aliphatic carbocycles. The predicted octanol–water partition coefficient (Wildman–Crippen LogP) is 3.09. The molecule has 8 heteroatoms. The first-order valence-corrected chi connectivity index (χ1v) is 9.39. The summed E-state index contributed by atoms with van der Waals surface area (Å²) in [6.45, 7) is 5.30. The van der Waals surface area contributed by atoms with Crippen LogP contribution in [-0.2, 0) is 30.2 Å². The van der Waals surface area contributed by atoms with Crippen molar-refractivity contribution in [3.63, 3.8) is 0 Å². The molecule has 2 rings (SSSR count). The fourth-order valence-corrected chi connectivity index (χ4v) is 3.25. The number of carbonyl (C=O) groups excluding carboxylic acids is 3. The molecule has 0 spiro atoms. The Morgan fingerprint density at radius 1 is 1.26 bits per heavy atom. The second-order valence-electron chi connectivity index (χ2n) is 7.33. The zero-order valence-electron chi connectivity index (χ0n) is 15.9. The highest BCUT2D eigenvalue weighted by atomic mass is 79.9. The van der Waals surface area contributed by atoms with Crippen molar-refractivity contribution in [1.82, 2.24) is 4.90 Å². The van der Waals surface area contributed by atoms with E-state index in [-0.39, 0.29) is 19.4 Å². The third-order valence-corrected chi connectivity index (χ3v) is 4.39. The van der Waals surface area contributed by atoms with Crippen molar-refractivity contribution in [2.24, 2.45) is 0 Å². The molecular formula is C19H24BrNO6. The Labute approximate surface area is 167 Å². The largest absolute Gasteiger partial charge is 0.467 e. The standard InChI is InChI=1S/C19H24BrNO6/c1-19(2,3)27-18(24)21-11-14(10-15(21)17(23)25-4)26-16(22)9-12-6-5-7-13(20)8-12/h5-8,14-15H,9-11H2,1-4H3/t14-,15+/m1/s1. The van der Waals surface area contributed by atoms with Gasteiger partial charge in [-0.15, -0.1) is 0 Å². The van der Waals surface area contributed by atoms with Gasteiger partial charge in [0.25, 0.3) is 0 Å². The van der Waals surface area contributed by atoms with Crippen molar-refractivity contribution in [3.8, 4) is 0 Å². The summed E-state index contributed by atoms with van der Waals surface area (Å²) in [7, 11) is 1.25. The van der Waals surface area contributed by atoms with E-state index in [1.807, 2.05) is 24.3 Å². The van der Waals surface area contributed by atoms with Gasteiger partial charge in [-0.3, -0.25) is 9.69 Å². The third-order valence-electron chi connectivity index (χ3n) is 3.90. The lowest BCUT2D eigenvalue weighted by molar-refractivity contribution is -0.149. The van der Waals surface area contributed by atoms with E-state index in [0.29, 0.717) is 0 Å². The molecule has 27 heavy (non-hydrogen) atoms. The number of esters is 2. The minimum Gasteiger partial charge on any atom is -0.467 e. The van der Waals surface area contributed by atoms with Gasteiger partial charge in [0.05, 0.1) is 20.1 Å². The molecule has 7 nitrogen and oxygen atoms in total. The summed E-state index contributed by atoms with van der Waals surface area (Å²) in [4.78, 5) is 37.9. The van der Waals surface area contributed by atoms with Crippen LogP contribution in [0.25, 0.3) is 0 Å². The lowest BCUT2D eigenvalue weighted by atomic mass is 10.1. The molecule has 148 valence electrons. The Hall–Kier alpha value is -2.09. The monoisotopic (exact) mass is 441 g/mol. The van der Waals surface area contributed by atoms with Gasteiger partial charge in [0.2, 0.25) is 0 Å². The fraction of sp³-hybridized carbons (Fsp3) is 0.526. The van der Waals surface area contributed by atoms with Crippen LogP contribution >= 0.6 is 15.9 Å². The average Bonchev–Trinajstić information content (AvgIpc) is 2.96. The molecule has 1 aliphatic rings. The van der Waals surface area contributed by atoms with Gasteiger partial charge >= 0.3 is 18.0 Å². The number of likely N-dealkylation sites (tertiary alicyclic amines) is 1. The molecule has 1 aromatic carbocycles.